The van der Waals surface area contributed by atoms with Crippen molar-refractivity contribution in [2.45, 2.75) is 19.8 Å². The number of rotatable bonds is 0. The van der Waals surface area contributed by atoms with Crippen molar-refractivity contribution in [2.24, 2.45) is 0 Å². The van der Waals surface area contributed by atoms with Gasteiger partial charge in [-0.15, -0.1) is 0 Å². The number of allylic oxidation sites excluding steroid dienone is 1. The Hall–Kier alpha value is 0.180. The van der Waals surface area contributed by atoms with Gasteiger partial charge in [0.25, 0.3) is 0 Å². The van der Waals surface area contributed by atoms with Crippen LogP contribution in [-0.2, 0) is 4.74 Å². The van der Waals surface area contributed by atoms with E-state index in [-0.39, 0.29) is 0 Å². The molecule has 1 aliphatic heterocycles. The van der Waals surface area contributed by atoms with E-state index in [1.165, 1.54) is 12.8 Å². The van der Waals surface area contributed by atoms with Gasteiger partial charge in [0.1, 0.15) is 0 Å². The lowest BCUT2D eigenvalue weighted by atomic mass is 10.4. The van der Waals surface area contributed by atoms with E-state index < -0.39 is 0 Å². The molecule has 0 atom stereocenters. The van der Waals surface area contributed by atoms with E-state index in [0.29, 0.717) is 0 Å². The van der Waals surface area contributed by atoms with E-state index in [9.17, 15) is 0 Å². The van der Waals surface area contributed by atoms with Gasteiger partial charge in [0.2, 0.25) is 0 Å². The smallest absolute Gasteiger partial charge is 0.0466 e. The Labute approximate surface area is 65.2 Å². The van der Waals surface area contributed by atoms with Crippen LogP contribution < -0.4 is 0 Å². The Morgan fingerprint density at radius 1 is 1.33 bits per heavy atom. The number of halogens is 1. The zero-order valence-corrected chi connectivity index (χ0v) is 7.36. The van der Waals surface area contributed by atoms with Crippen LogP contribution in [0.4, 0.5) is 0 Å². The van der Waals surface area contributed by atoms with Crippen molar-refractivity contribution in [1.82, 2.24) is 0 Å². The van der Waals surface area contributed by atoms with Crippen LogP contribution in [0, 0.1) is 0 Å². The standard InChI is InChI=1S/C4H8O.C3H5Br/c1-2-4-5-3-1;1-2-3-4/h1-4H2;2-3H,1H3. The third kappa shape index (κ3) is 8.18. The molecule has 1 fully saturated rings. The molecule has 0 aromatic carbocycles. The quantitative estimate of drug-likeness (QED) is 0.574. The fourth-order valence-corrected chi connectivity index (χ4v) is 0.510. The Morgan fingerprint density at radius 2 is 1.78 bits per heavy atom. The summed E-state index contributed by atoms with van der Waals surface area (Å²) >= 11 is 3.07. The van der Waals surface area contributed by atoms with Crippen LogP contribution in [0.25, 0.3) is 0 Å². The minimum absolute atomic E-state index is 1.00. The molecule has 2 heteroatoms. The van der Waals surface area contributed by atoms with Crippen molar-refractivity contribution >= 4 is 15.9 Å². The molecule has 1 saturated heterocycles. The van der Waals surface area contributed by atoms with Crippen LogP contribution in [0.3, 0.4) is 0 Å². The summed E-state index contributed by atoms with van der Waals surface area (Å²) < 4.78 is 4.94. The lowest BCUT2D eigenvalue weighted by Crippen LogP contribution is -1.74. The molecule has 1 nitrogen and oxygen atoms in total. The van der Waals surface area contributed by atoms with Crippen molar-refractivity contribution in [3.63, 3.8) is 0 Å². The molecule has 0 aromatic rings. The normalized spacial score (nSPS) is 17.6. The Bertz CT molecular complexity index is 55.7. The first-order valence-electron chi connectivity index (χ1n) is 3.21. The molecule has 0 aromatic heterocycles. The summed E-state index contributed by atoms with van der Waals surface area (Å²) in [5, 5.41) is 0. The second kappa shape index (κ2) is 8.18. The number of hydrogen-bond donors (Lipinski definition) is 0. The molecule has 0 bridgehead atoms. The molecule has 1 aliphatic rings. The van der Waals surface area contributed by atoms with Crippen LogP contribution in [0.2, 0.25) is 0 Å². The highest BCUT2D eigenvalue weighted by Crippen LogP contribution is 1.98. The maximum absolute atomic E-state index is 4.94. The fraction of sp³-hybridized carbons (Fsp3) is 0.714. The maximum atomic E-state index is 4.94. The first-order chi connectivity index (χ1) is 4.41. The third-order valence-electron chi connectivity index (χ3n) is 0.953. The molecule has 0 N–H and O–H groups in total. The van der Waals surface area contributed by atoms with Crippen molar-refractivity contribution in [1.29, 1.82) is 0 Å². The minimum Gasteiger partial charge on any atom is -0.381 e. The van der Waals surface area contributed by atoms with Gasteiger partial charge in [-0.2, -0.15) is 0 Å². The average molecular weight is 193 g/mol. The topological polar surface area (TPSA) is 9.23 Å². The molecular weight excluding hydrogens is 180 g/mol. The van der Waals surface area contributed by atoms with Gasteiger partial charge in [-0.25, -0.2) is 0 Å². The highest BCUT2D eigenvalue weighted by Gasteiger charge is 1.94. The highest BCUT2D eigenvalue weighted by molar-refractivity contribution is 9.11. The van der Waals surface area contributed by atoms with E-state index >= 15 is 0 Å². The van der Waals surface area contributed by atoms with Crippen LogP contribution in [0.1, 0.15) is 19.8 Å². The van der Waals surface area contributed by atoms with Crippen LogP contribution in [0.15, 0.2) is 11.1 Å². The zero-order valence-electron chi connectivity index (χ0n) is 5.77. The largest absolute Gasteiger partial charge is 0.381 e. The first kappa shape index (κ1) is 9.18. The van der Waals surface area contributed by atoms with Gasteiger partial charge in [-0.3, -0.25) is 0 Å². The first-order valence-corrected chi connectivity index (χ1v) is 4.12. The Kier molecular flexibility index (Phi) is 8.34. The highest BCUT2D eigenvalue weighted by atomic mass is 79.9. The van der Waals surface area contributed by atoms with E-state index in [0.717, 1.165) is 13.2 Å². The number of ether oxygens (including phenoxy) is 1. The van der Waals surface area contributed by atoms with E-state index in [4.69, 9.17) is 4.74 Å². The van der Waals surface area contributed by atoms with Gasteiger partial charge in [0, 0.05) is 13.2 Å². The summed E-state index contributed by atoms with van der Waals surface area (Å²) in [4.78, 5) is 1.81. The van der Waals surface area contributed by atoms with Crippen LogP contribution >= 0.6 is 15.9 Å². The fourth-order valence-electron chi connectivity index (χ4n) is 0.510. The van der Waals surface area contributed by atoms with Gasteiger partial charge in [0.15, 0.2) is 0 Å². The molecule has 9 heavy (non-hydrogen) atoms. The Morgan fingerprint density at radius 3 is 1.89 bits per heavy atom. The molecular formula is C7H13BrO. The summed E-state index contributed by atoms with van der Waals surface area (Å²) in [6.45, 7) is 3.95. The van der Waals surface area contributed by atoms with Crippen LogP contribution in [-0.4, -0.2) is 13.2 Å². The van der Waals surface area contributed by atoms with Gasteiger partial charge < -0.3 is 4.74 Å². The van der Waals surface area contributed by atoms with Gasteiger partial charge in [-0.1, -0.05) is 22.0 Å². The van der Waals surface area contributed by atoms with Crippen molar-refractivity contribution in [3.05, 3.63) is 11.1 Å². The second-order valence-electron chi connectivity index (χ2n) is 1.78. The molecule has 0 saturated carbocycles. The van der Waals surface area contributed by atoms with Crippen molar-refractivity contribution in [3.8, 4) is 0 Å². The summed E-state index contributed by atoms with van der Waals surface area (Å²) in [7, 11) is 0. The molecule has 1 heterocycles. The minimum atomic E-state index is 1.00. The van der Waals surface area contributed by atoms with E-state index in [1.54, 1.807) is 0 Å². The summed E-state index contributed by atoms with van der Waals surface area (Å²) in [6.07, 6.45) is 4.47. The maximum Gasteiger partial charge on any atom is 0.0466 e. The Balaban J connectivity index is 0.000000148. The molecule has 0 amide bonds. The molecule has 54 valence electrons. The second-order valence-corrected chi connectivity index (χ2v) is 2.31. The average Bonchev–Trinajstić information content (AvgIpc) is 2.43. The summed E-state index contributed by atoms with van der Waals surface area (Å²) in [5.41, 5.74) is 0. The molecule has 1 rings (SSSR count). The van der Waals surface area contributed by atoms with Crippen LogP contribution in [0.5, 0.6) is 0 Å². The van der Waals surface area contributed by atoms with Crippen molar-refractivity contribution < 1.29 is 4.74 Å². The van der Waals surface area contributed by atoms with E-state index in [2.05, 4.69) is 15.9 Å². The lowest BCUT2D eigenvalue weighted by molar-refractivity contribution is 0.198. The van der Waals surface area contributed by atoms with Gasteiger partial charge >= 0.3 is 0 Å². The lowest BCUT2D eigenvalue weighted by Gasteiger charge is -1.76. The molecule has 0 aliphatic carbocycles. The SMILES string of the molecule is C1CCOC1.CC=CBr. The van der Waals surface area contributed by atoms with Crippen molar-refractivity contribution in [2.75, 3.05) is 13.2 Å². The molecule has 0 spiro atoms. The summed E-state index contributed by atoms with van der Waals surface area (Å²) in [6, 6.07) is 0. The van der Waals surface area contributed by atoms with E-state index in [1.807, 2.05) is 18.0 Å². The monoisotopic (exact) mass is 192 g/mol. The van der Waals surface area contributed by atoms with Gasteiger partial charge in [-0.05, 0) is 24.8 Å². The molecule has 0 radical (unpaired) electrons. The molecule has 0 unspecified atom stereocenters. The summed E-state index contributed by atoms with van der Waals surface area (Å²) in [5.74, 6) is 0. The predicted octanol–water partition coefficient (Wildman–Crippen LogP) is 2.71. The number of hydrogen-bond acceptors (Lipinski definition) is 1. The zero-order chi connectivity index (χ0) is 6.95. The van der Waals surface area contributed by atoms with Gasteiger partial charge in [0.05, 0.1) is 0 Å². The predicted molar refractivity (Wildman–Crippen MR) is 43.8 cm³/mol. The third-order valence-corrected chi connectivity index (χ3v) is 1.48.